The third kappa shape index (κ3) is 2.79. The number of carboxylic acids is 1. The van der Waals surface area contributed by atoms with Crippen molar-refractivity contribution in [3.05, 3.63) is 58.0 Å². The van der Waals surface area contributed by atoms with Crippen LogP contribution in [0.15, 0.2) is 41.3 Å². The minimum absolute atomic E-state index is 0.0830. The van der Waals surface area contributed by atoms with E-state index >= 15 is 0 Å². The van der Waals surface area contributed by atoms with Gasteiger partial charge in [-0.1, -0.05) is 6.07 Å². The van der Waals surface area contributed by atoms with Gasteiger partial charge in [-0.2, -0.15) is 5.10 Å². The van der Waals surface area contributed by atoms with E-state index in [4.69, 9.17) is 9.84 Å². The van der Waals surface area contributed by atoms with E-state index in [1.807, 2.05) is 0 Å². The maximum absolute atomic E-state index is 11.5. The van der Waals surface area contributed by atoms with Crippen LogP contribution in [0.2, 0.25) is 0 Å². The summed E-state index contributed by atoms with van der Waals surface area (Å²) in [4.78, 5) is 22.5. The molecular weight excluding hydrogens is 248 g/mol. The van der Waals surface area contributed by atoms with Crippen molar-refractivity contribution in [1.82, 2.24) is 9.78 Å². The van der Waals surface area contributed by atoms with Crippen molar-refractivity contribution in [2.45, 2.75) is 6.54 Å². The lowest BCUT2D eigenvalue weighted by Gasteiger charge is -2.08. The Labute approximate surface area is 108 Å². The van der Waals surface area contributed by atoms with E-state index in [1.165, 1.54) is 30.1 Å². The molecule has 0 radical (unpaired) electrons. The first-order valence-electron chi connectivity index (χ1n) is 5.54. The van der Waals surface area contributed by atoms with Gasteiger partial charge in [0.05, 0.1) is 13.7 Å². The summed E-state index contributed by atoms with van der Waals surface area (Å²) in [5.74, 6) is -0.799. The second-order valence-corrected chi connectivity index (χ2v) is 3.86. The zero-order valence-electron chi connectivity index (χ0n) is 10.2. The van der Waals surface area contributed by atoms with Gasteiger partial charge in [0.25, 0.3) is 5.56 Å². The summed E-state index contributed by atoms with van der Waals surface area (Å²) in [5.41, 5.74) is 0.603. The number of carbonyl (C=O) groups is 1. The Kier molecular flexibility index (Phi) is 3.61. The molecule has 0 aliphatic rings. The molecule has 0 unspecified atom stereocenters. The molecule has 6 heteroatoms. The molecule has 1 aromatic heterocycles. The van der Waals surface area contributed by atoms with Crippen LogP contribution in [0.5, 0.6) is 5.75 Å². The molecule has 0 aliphatic carbocycles. The Bertz CT molecular complexity index is 664. The fourth-order valence-electron chi connectivity index (χ4n) is 1.69. The van der Waals surface area contributed by atoms with Crippen LogP contribution >= 0.6 is 0 Å². The molecule has 1 N–H and O–H groups in total. The number of nitrogens with zero attached hydrogens (tertiary/aromatic N) is 2. The lowest BCUT2D eigenvalue weighted by molar-refractivity contribution is 0.0693. The topological polar surface area (TPSA) is 81.4 Å². The maximum Gasteiger partial charge on any atom is 0.339 e. The summed E-state index contributed by atoms with van der Waals surface area (Å²) in [7, 11) is 1.40. The number of hydrogen-bond donors (Lipinski definition) is 1. The lowest BCUT2D eigenvalue weighted by Crippen LogP contribution is -2.21. The first-order valence-corrected chi connectivity index (χ1v) is 5.54. The average molecular weight is 260 g/mol. The predicted octanol–water partition coefficient (Wildman–Crippen LogP) is 0.998. The van der Waals surface area contributed by atoms with Crippen molar-refractivity contribution in [3.8, 4) is 5.75 Å². The van der Waals surface area contributed by atoms with E-state index < -0.39 is 5.97 Å². The molecule has 0 fully saturated rings. The van der Waals surface area contributed by atoms with E-state index in [0.717, 1.165) is 5.56 Å². The van der Waals surface area contributed by atoms with Crippen LogP contribution in [0.3, 0.4) is 0 Å². The molecule has 19 heavy (non-hydrogen) atoms. The highest BCUT2D eigenvalue weighted by atomic mass is 16.5. The summed E-state index contributed by atoms with van der Waals surface area (Å²) in [6.45, 7) is 0.260. The SMILES string of the molecule is COc1cc(Cn2ncccc2=O)ccc1C(=O)O. The van der Waals surface area contributed by atoms with Crippen LogP contribution in [-0.4, -0.2) is 28.0 Å². The van der Waals surface area contributed by atoms with Crippen molar-refractivity contribution in [3.63, 3.8) is 0 Å². The van der Waals surface area contributed by atoms with Gasteiger partial charge in [0.2, 0.25) is 0 Å². The summed E-state index contributed by atoms with van der Waals surface area (Å²) in [6, 6.07) is 7.64. The molecular formula is C13H12N2O4. The zero-order valence-corrected chi connectivity index (χ0v) is 10.2. The van der Waals surface area contributed by atoms with Gasteiger partial charge < -0.3 is 9.84 Å². The van der Waals surface area contributed by atoms with Crippen molar-refractivity contribution in [2.24, 2.45) is 0 Å². The van der Waals surface area contributed by atoms with Gasteiger partial charge in [0.1, 0.15) is 11.3 Å². The Morgan fingerprint density at radius 3 is 2.84 bits per heavy atom. The van der Waals surface area contributed by atoms with Crippen LogP contribution in [0.25, 0.3) is 0 Å². The molecule has 98 valence electrons. The third-order valence-electron chi connectivity index (χ3n) is 2.61. The minimum atomic E-state index is -1.06. The van der Waals surface area contributed by atoms with Gasteiger partial charge in [0, 0.05) is 12.3 Å². The van der Waals surface area contributed by atoms with Gasteiger partial charge in [-0.25, -0.2) is 9.48 Å². The number of aromatic nitrogens is 2. The highest BCUT2D eigenvalue weighted by Gasteiger charge is 2.11. The second kappa shape index (κ2) is 5.34. The molecule has 0 atom stereocenters. The summed E-state index contributed by atoms with van der Waals surface area (Å²) < 4.78 is 6.31. The number of aromatic carboxylic acids is 1. The van der Waals surface area contributed by atoms with Crippen LogP contribution < -0.4 is 10.3 Å². The largest absolute Gasteiger partial charge is 0.496 e. The highest BCUT2D eigenvalue weighted by Crippen LogP contribution is 2.20. The average Bonchev–Trinajstić information content (AvgIpc) is 2.41. The molecule has 2 aromatic rings. The van der Waals surface area contributed by atoms with Gasteiger partial charge >= 0.3 is 5.97 Å². The molecule has 0 saturated carbocycles. The normalized spacial score (nSPS) is 10.2. The number of methoxy groups -OCH3 is 1. The summed E-state index contributed by atoms with van der Waals surface area (Å²) in [6.07, 6.45) is 1.52. The smallest absolute Gasteiger partial charge is 0.339 e. The lowest BCUT2D eigenvalue weighted by atomic mass is 10.1. The maximum atomic E-state index is 11.5. The fourth-order valence-corrected chi connectivity index (χ4v) is 1.69. The molecule has 0 aliphatic heterocycles. The molecule has 0 spiro atoms. The monoisotopic (exact) mass is 260 g/mol. The third-order valence-corrected chi connectivity index (χ3v) is 2.61. The highest BCUT2D eigenvalue weighted by molar-refractivity contribution is 5.90. The molecule has 1 heterocycles. The zero-order chi connectivity index (χ0) is 13.8. The number of hydrogen-bond acceptors (Lipinski definition) is 4. The van der Waals surface area contributed by atoms with Crippen LogP contribution in [-0.2, 0) is 6.54 Å². The van der Waals surface area contributed by atoms with Crippen molar-refractivity contribution >= 4 is 5.97 Å². The number of rotatable bonds is 4. The predicted molar refractivity (Wildman–Crippen MR) is 67.6 cm³/mol. The van der Waals surface area contributed by atoms with E-state index in [0.29, 0.717) is 0 Å². The Balaban J connectivity index is 2.35. The van der Waals surface area contributed by atoms with E-state index in [9.17, 15) is 9.59 Å². The molecule has 2 rings (SSSR count). The van der Waals surface area contributed by atoms with Gasteiger partial charge in [0.15, 0.2) is 0 Å². The van der Waals surface area contributed by atoms with Crippen molar-refractivity contribution in [1.29, 1.82) is 0 Å². The second-order valence-electron chi connectivity index (χ2n) is 3.86. The molecule has 0 bridgehead atoms. The van der Waals surface area contributed by atoms with Crippen molar-refractivity contribution < 1.29 is 14.6 Å². The van der Waals surface area contributed by atoms with E-state index in [2.05, 4.69) is 5.10 Å². The summed E-state index contributed by atoms with van der Waals surface area (Å²) >= 11 is 0. The van der Waals surface area contributed by atoms with Crippen LogP contribution in [0.1, 0.15) is 15.9 Å². The Morgan fingerprint density at radius 1 is 1.42 bits per heavy atom. The standard InChI is InChI=1S/C13H12N2O4/c1-19-11-7-9(4-5-10(11)13(17)18)8-15-12(16)3-2-6-14-15/h2-7H,8H2,1H3,(H,17,18). The van der Waals surface area contributed by atoms with E-state index in [1.54, 1.807) is 18.2 Å². The van der Waals surface area contributed by atoms with Crippen LogP contribution in [0, 0.1) is 0 Å². The fraction of sp³-hybridized carbons (Fsp3) is 0.154. The molecule has 0 saturated heterocycles. The van der Waals surface area contributed by atoms with Gasteiger partial charge in [-0.3, -0.25) is 4.79 Å². The number of benzene rings is 1. The van der Waals surface area contributed by atoms with Gasteiger partial charge in [-0.15, -0.1) is 0 Å². The summed E-state index contributed by atoms with van der Waals surface area (Å²) in [5, 5.41) is 12.9. The first-order chi connectivity index (χ1) is 9.11. The Hall–Kier alpha value is -2.63. The number of carboxylic acid groups (broad SMARTS) is 1. The Morgan fingerprint density at radius 2 is 2.21 bits per heavy atom. The quantitative estimate of drug-likeness (QED) is 0.886. The molecule has 1 aromatic carbocycles. The van der Waals surface area contributed by atoms with Gasteiger partial charge in [-0.05, 0) is 23.8 Å². The van der Waals surface area contributed by atoms with Crippen LogP contribution in [0.4, 0.5) is 0 Å². The first kappa shape index (κ1) is 12.8. The van der Waals surface area contributed by atoms with Crippen molar-refractivity contribution in [2.75, 3.05) is 7.11 Å². The van der Waals surface area contributed by atoms with E-state index in [-0.39, 0.29) is 23.4 Å². The molecule has 6 nitrogen and oxygen atoms in total. The minimum Gasteiger partial charge on any atom is -0.496 e. The molecule has 0 amide bonds. The number of ether oxygens (including phenoxy) is 1.